The molecular formula is C20H42OTi. The maximum atomic E-state index is 6.92. The van der Waals surface area contributed by atoms with E-state index in [-0.39, 0.29) is 32.9 Å². The zero-order valence-corrected chi connectivity index (χ0v) is 18.0. The third kappa shape index (κ3) is 8.51. The summed E-state index contributed by atoms with van der Waals surface area (Å²) in [6.45, 7) is 13.8. The molecule has 22 heavy (non-hydrogen) atoms. The molecule has 1 nitrogen and oxygen atoms in total. The van der Waals surface area contributed by atoms with Crippen molar-refractivity contribution in [2.24, 2.45) is 0 Å². The first kappa shape index (κ1) is 24.9. The number of rotatable bonds is 14. The maximum Gasteiger partial charge on any atom is 0.0684 e. The van der Waals surface area contributed by atoms with E-state index in [4.69, 9.17) is 4.74 Å². The Morgan fingerprint density at radius 1 is 0.545 bits per heavy atom. The van der Waals surface area contributed by atoms with Crippen LogP contribution in [0.25, 0.3) is 0 Å². The molecule has 0 unspecified atom stereocenters. The van der Waals surface area contributed by atoms with Crippen LogP contribution in [-0.2, 0) is 26.5 Å². The third-order valence-corrected chi connectivity index (χ3v) is 5.48. The number of unbranched alkanes of at least 4 members (excludes halogenated alkanes) is 4. The average Bonchev–Trinajstić information content (AvgIpc) is 2.53. The van der Waals surface area contributed by atoms with Gasteiger partial charge in [0.15, 0.2) is 0 Å². The van der Waals surface area contributed by atoms with Crippen molar-refractivity contribution >= 4 is 0 Å². The van der Waals surface area contributed by atoms with E-state index in [1.807, 2.05) is 0 Å². The molecule has 0 amide bonds. The van der Waals surface area contributed by atoms with Gasteiger partial charge < -0.3 is 4.74 Å². The van der Waals surface area contributed by atoms with Gasteiger partial charge in [-0.3, -0.25) is 0 Å². The second kappa shape index (κ2) is 14.1. The Labute approximate surface area is 156 Å². The molecule has 0 aromatic rings. The summed E-state index contributed by atoms with van der Waals surface area (Å²) in [5.41, 5.74) is 0.237. The van der Waals surface area contributed by atoms with Crippen molar-refractivity contribution < 1.29 is 26.5 Å². The minimum Gasteiger partial charge on any atom is -0.369 e. The van der Waals surface area contributed by atoms with Gasteiger partial charge in [-0.15, -0.1) is 0 Å². The van der Waals surface area contributed by atoms with Gasteiger partial charge in [0.1, 0.15) is 0 Å². The maximum absolute atomic E-state index is 6.92. The predicted octanol–water partition coefficient (Wildman–Crippen LogP) is 7.28. The first-order valence-corrected chi connectivity index (χ1v) is 9.77. The molecule has 0 aliphatic rings. The quantitative estimate of drug-likeness (QED) is 0.237. The second-order valence-corrected chi connectivity index (χ2v) is 6.80. The smallest absolute Gasteiger partial charge is 0.0684 e. The molecule has 0 saturated heterocycles. The van der Waals surface area contributed by atoms with Crippen LogP contribution in [0.3, 0.4) is 0 Å². The van der Waals surface area contributed by atoms with E-state index in [0.29, 0.717) is 0 Å². The van der Waals surface area contributed by atoms with E-state index < -0.39 is 0 Å². The largest absolute Gasteiger partial charge is 0.369 e. The van der Waals surface area contributed by atoms with E-state index in [1.54, 1.807) is 0 Å². The van der Waals surface area contributed by atoms with Crippen molar-refractivity contribution in [1.29, 1.82) is 0 Å². The summed E-state index contributed by atoms with van der Waals surface area (Å²) in [4.78, 5) is 0. The van der Waals surface area contributed by atoms with Crippen LogP contribution in [-0.4, -0.2) is 11.2 Å². The van der Waals surface area contributed by atoms with Crippen LogP contribution < -0.4 is 0 Å². The summed E-state index contributed by atoms with van der Waals surface area (Å²) >= 11 is 0. The molecule has 0 heterocycles. The fourth-order valence-electron chi connectivity index (χ4n) is 3.45. The number of hydrogen-bond donors (Lipinski definition) is 0. The molecule has 132 valence electrons. The Morgan fingerprint density at radius 3 is 1.09 bits per heavy atom. The minimum absolute atomic E-state index is 0. The van der Waals surface area contributed by atoms with E-state index in [0.717, 1.165) is 25.7 Å². The molecule has 0 bridgehead atoms. The fraction of sp³-hybridized carbons (Fsp3) is 1.00. The number of hydrogen-bond acceptors (Lipinski definition) is 1. The minimum atomic E-state index is 0. The van der Waals surface area contributed by atoms with E-state index in [2.05, 4.69) is 41.5 Å². The summed E-state index contributed by atoms with van der Waals surface area (Å²) < 4.78 is 6.92. The Kier molecular flexibility index (Phi) is 15.9. The molecule has 0 N–H and O–H groups in total. The van der Waals surface area contributed by atoms with Gasteiger partial charge in [0.2, 0.25) is 0 Å². The summed E-state index contributed by atoms with van der Waals surface area (Å²) in [7, 11) is 0. The molecule has 2 heteroatoms. The monoisotopic (exact) mass is 346 g/mol. The molecule has 0 rings (SSSR count). The second-order valence-electron chi connectivity index (χ2n) is 6.80. The van der Waals surface area contributed by atoms with Gasteiger partial charge in [-0.2, -0.15) is 0 Å². The molecule has 0 aromatic carbocycles. The number of ether oxygens (including phenoxy) is 1. The first-order chi connectivity index (χ1) is 10.1. The summed E-state index contributed by atoms with van der Waals surface area (Å²) in [5.74, 6) is 0. The Hall–Kier alpha value is 0.674. The van der Waals surface area contributed by atoms with Crippen LogP contribution >= 0.6 is 0 Å². The summed E-state index contributed by atoms with van der Waals surface area (Å²) in [6, 6.07) is 0. The Balaban J connectivity index is 0. The van der Waals surface area contributed by atoms with Crippen LogP contribution in [0.15, 0.2) is 0 Å². The average molecular weight is 346 g/mol. The zero-order valence-electron chi connectivity index (χ0n) is 16.4. The predicted molar refractivity (Wildman–Crippen MR) is 96.0 cm³/mol. The first-order valence-electron chi connectivity index (χ1n) is 9.77. The molecule has 0 atom stereocenters. The van der Waals surface area contributed by atoms with Gasteiger partial charge in [0.25, 0.3) is 0 Å². The van der Waals surface area contributed by atoms with Crippen molar-refractivity contribution in [3.05, 3.63) is 0 Å². The van der Waals surface area contributed by atoms with Crippen molar-refractivity contribution in [3.8, 4) is 0 Å². The van der Waals surface area contributed by atoms with Crippen LogP contribution in [0, 0.1) is 0 Å². The van der Waals surface area contributed by atoms with Crippen LogP contribution in [0.2, 0.25) is 0 Å². The Bertz CT molecular complexity index is 208. The van der Waals surface area contributed by atoms with E-state index in [1.165, 1.54) is 51.4 Å². The van der Waals surface area contributed by atoms with Crippen molar-refractivity contribution in [3.63, 3.8) is 0 Å². The van der Waals surface area contributed by atoms with Crippen LogP contribution in [0.1, 0.15) is 119 Å². The summed E-state index contributed by atoms with van der Waals surface area (Å²) in [5, 5.41) is 0. The van der Waals surface area contributed by atoms with Crippen molar-refractivity contribution in [1.82, 2.24) is 0 Å². The normalized spacial score (nSPS) is 12.3. The fourth-order valence-corrected chi connectivity index (χ4v) is 3.45. The standard InChI is InChI=1S/C20H42O.Ti/c1-7-13-15-17-19(9-3,10-4)21-20(11-5,12-6)18-16-14-8-2;/h7-18H2,1-6H3;. The SMILES string of the molecule is CCCCCC(CC)(CC)OC(CC)(CC)CCCCC.[Ti]. The van der Waals surface area contributed by atoms with Gasteiger partial charge in [-0.1, -0.05) is 80.1 Å². The van der Waals surface area contributed by atoms with Gasteiger partial charge in [-0.05, 0) is 38.5 Å². The molecule has 0 fully saturated rings. The molecule has 0 spiro atoms. The molecule has 0 radical (unpaired) electrons. The van der Waals surface area contributed by atoms with Crippen molar-refractivity contribution in [2.45, 2.75) is 130 Å². The van der Waals surface area contributed by atoms with Crippen LogP contribution in [0.4, 0.5) is 0 Å². The summed E-state index contributed by atoms with van der Waals surface area (Å²) in [6.07, 6.45) is 15.0. The topological polar surface area (TPSA) is 9.23 Å². The third-order valence-electron chi connectivity index (χ3n) is 5.48. The van der Waals surface area contributed by atoms with E-state index >= 15 is 0 Å². The zero-order chi connectivity index (χ0) is 16.2. The molecule has 0 aliphatic carbocycles. The molecule has 0 aliphatic heterocycles. The van der Waals surface area contributed by atoms with Crippen LogP contribution in [0.5, 0.6) is 0 Å². The van der Waals surface area contributed by atoms with Gasteiger partial charge in [0, 0.05) is 21.7 Å². The van der Waals surface area contributed by atoms with Gasteiger partial charge in [-0.25, -0.2) is 0 Å². The molecule has 0 saturated carbocycles. The van der Waals surface area contributed by atoms with Gasteiger partial charge in [0.05, 0.1) is 11.2 Å². The Morgan fingerprint density at radius 2 is 0.864 bits per heavy atom. The van der Waals surface area contributed by atoms with E-state index in [9.17, 15) is 0 Å². The van der Waals surface area contributed by atoms with Gasteiger partial charge >= 0.3 is 0 Å². The van der Waals surface area contributed by atoms with Crippen molar-refractivity contribution in [2.75, 3.05) is 0 Å². The molecular weight excluding hydrogens is 304 g/mol. The molecule has 0 aromatic heterocycles.